The second-order valence-electron chi connectivity index (χ2n) is 6.52. The summed E-state index contributed by atoms with van der Waals surface area (Å²) in [5.74, 6) is -1.74. The first-order valence-electron chi connectivity index (χ1n) is 8.12. The van der Waals surface area contributed by atoms with E-state index in [0.29, 0.717) is 16.4 Å². The lowest BCUT2D eigenvalue weighted by Crippen LogP contribution is -2.54. The van der Waals surface area contributed by atoms with Gasteiger partial charge in [-0.15, -0.1) is 0 Å². The number of carboxylic acid groups (broad SMARTS) is 1. The molecule has 27 heavy (non-hydrogen) atoms. The van der Waals surface area contributed by atoms with E-state index in [1.165, 1.54) is 23.1 Å². The number of benzene rings is 2. The summed E-state index contributed by atoms with van der Waals surface area (Å²) in [5, 5.41) is 12.2. The summed E-state index contributed by atoms with van der Waals surface area (Å²) in [4.78, 5) is 37.7. The van der Waals surface area contributed by atoms with Gasteiger partial charge in [-0.1, -0.05) is 23.7 Å². The molecule has 0 atom stereocenters. The maximum atomic E-state index is 12.8. The average molecular weight is 389 g/mol. The molecule has 2 amide bonds. The molecule has 2 N–H and O–H groups in total. The fourth-order valence-electron chi connectivity index (χ4n) is 2.76. The van der Waals surface area contributed by atoms with Crippen molar-refractivity contribution in [1.82, 2.24) is 0 Å². The molecule has 2 aromatic carbocycles. The van der Waals surface area contributed by atoms with E-state index in [1.807, 2.05) is 0 Å². The predicted octanol–water partition coefficient (Wildman–Crippen LogP) is 3.18. The number of halogens is 1. The molecule has 8 heteroatoms. The number of nitrogens with zero attached hydrogens (tertiary/aromatic N) is 1. The summed E-state index contributed by atoms with van der Waals surface area (Å²) in [6.07, 6.45) is 0. The van der Waals surface area contributed by atoms with Gasteiger partial charge in [0.2, 0.25) is 5.91 Å². The Labute approximate surface area is 160 Å². The quantitative estimate of drug-likeness (QED) is 0.838. The van der Waals surface area contributed by atoms with Gasteiger partial charge in [-0.2, -0.15) is 0 Å². The molecule has 1 aliphatic rings. The van der Waals surface area contributed by atoms with Crippen LogP contribution in [0.15, 0.2) is 42.5 Å². The number of rotatable bonds is 4. The number of aromatic carboxylic acids is 1. The summed E-state index contributed by atoms with van der Waals surface area (Å²) in [5.41, 5.74) is -0.446. The number of carbonyl (C=O) groups is 3. The Balaban J connectivity index is 1.90. The van der Waals surface area contributed by atoms with Crippen LogP contribution in [0.4, 0.5) is 11.4 Å². The summed E-state index contributed by atoms with van der Waals surface area (Å²) in [6.45, 7) is 2.85. The van der Waals surface area contributed by atoms with Crippen LogP contribution >= 0.6 is 11.6 Å². The van der Waals surface area contributed by atoms with Crippen molar-refractivity contribution >= 4 is 40.8 Å². The third-order valence-electron chi connectivity index (χ3n) is 4.07. The van der Waals surface area contributed by atoms with Crippen LogP contribution in [0.2, 0.25) is 5.02 Å². The normalized spacial score (nSPS) is 14.9. The molecular weight excluding hydrogens is 372 g/mol. The number of hydrogen-bond donors (Lipinski definition) is 2. The van der Waals surface area contributed by atoms with Crippen LogP contribution in [0, 0.1) is 0 Å². The highest BCUT2D eigenvalue weighted by atomic mass is 35.5. The molecule has 0 fully saturated rings. The van der Waals surface area contributed by atoms with Gasteiger partial charge in [-0.3, -0.25) is 14.5 Å². The van der Waals surface area contributed by atoms with Crippen LogP contribution in [-0.4, -0.2) is 35.0 Å². The highest BCUT2D eigenvalue weighted by Gasteiger charge is 2.41. The molecule has 140 valence electrons. The van der Waals surface area contributed by atoms with Gasteiger partial charge in [-0.05, 0) is 44.2 Å². The third-order valence-corrected chi connectivity index (χ3v) is 4.40. The molecule has 3 rings (SSSR count). The second-order valence-corrected chi connectivity index (χ2v) is 6.93. The molecule has 0 unspecified atom stereocenters. The number of amides is 2. The van der Waals surface area contributed by atoms with E-state index in [9.17, 15) is 14.4 Å². The van der Waals surface area contributed by atoms with E-state index in [1.54, 1.807) is 38.1 Å². The highest BCUT2D eigenvalue weighted by molar-refractivity contribution is 6.33. The van der Waals surface area contributed by atoms with Gasteiger partial charge < -0.3 is 15.2 Å². The Morgan fingerprint density at radius 2 is 1.93 bits per heavy atom. The maximum absolute atomic E-state index is 12.8. The van der Waals surface area contributed by atoms with Gasteiger partial charge in [-0.25, -0.2) is 4.79 Å². The number of nitrogens with one attached hydrogen (secondary N) is 1. The van der Waals surface area contributed by atoms with Gasteiger partial charge in [0.25, 0.3) is 5.91 Å². The molecule has 0 saturated heterocycles. The van der Waals surface area contributed by atoms with Crippen molar-refractivity contribution < 1.29 is 24.2 Å². The van der Waals surface area contributed by atoms with Crippen molar-refractivity contribution in [2.45, 2.75) is 19.4 Å². The monoisotopic (exact) mass is 388 g/mol. The molecule has 0 spiro atoms. The van der Waals surface area contributed by atoms with E-state index in [-0.39, 0.29) is 17.9 Å². The predicted molar refractivity (Wildman–Crippen MR) is 101 cm³/mol. The standard InChI is InChI=1S/C19H17ClN2O5/c1-19(2)18(26)22(10-16(23)21-13-6-4-3-5-12(13)20)14-8-7-11(17(24)25)9-15(14)27-19/h3-9H,10H2,1-2H3,(H,21,23)(H,24,25). The molecule has 2 aromatic rings. The molecule has 0 aliphatic carbocycles. The Morgan fingerprint density at radius 3 is 2.59 bits per heavy atom. The molecule has 1 aliphatic heterocycles. The highest BCUT2D eigenvalue weighted by Crippen LogP contribution is 2.38. The lowest BCUT2D eigenvalue weighted by Gasteiger charge is -2.38. The Kier molecular flexibility index (Phi) is 4.80. The van der Waals surface area contributed by atoms with Gasteiger partial charge >= 0.3 is 5.97 Å². The smallest absolute Gasteiger partial charge is 0.335 e. The number of carbonyl (C=O) groups excluding carboxylic acids is 2. The Hall–Kier alpha value is -3.06. The molecule has 0 bridgehead atoms. The van der Waals surface area contributed by atoms with Gasteiger partial charge in [0.05, 0.1) is 22.0 Å². The summed E-state index contributed by atoms with van der Waals surface area (Å²) >= 11 is 6.04. The van der Waals surface area contributed by atoms with Gasteiger partial charge in [0.15, 0.2) is 5.60 Å². The topological polar surface area (TPSA) is 95.9 Å². The van der Waals surface area contributed by atoms with Crippen LogP contribution in [0.1, 0.15) is 24.2 Å². The van der Waals surface area contributed by atoms with Crippen LogP contribution in [0.3, 0.4) is 0 Å². The van der Waals surface area contributed by atoms with Crippen molar-refractivity contribution in [1.29, 1.82) is 0 Å². The van der Waals surface area contributed by atoms with E-state index in [0.717, 1.165) is 0 Å². The molecule has 0 radical (unpaired) electrons. The lowest BCUT2D eigenvalue weighted by molar-refractivity contribution is -0.133. The van der Waals surface area contributed by atoms with Crippen molar-refractivity contribution in [2.24, 2.45) is 0 Å². The van der Waals surface area contributed by atoms with Crippen molar-refractivity contribution in [3.8, 4) is 5.75 Å². The molecule has 0 saturated carbocycles. The average Bonchev–Trinajstić information content (AvgIpc) is 2.60. The summed E-state index contributed by atoms with van der Waals surface area (Å²) in [6, 6.07) is 10.9. The summed E-state index contributed by atoms with van der Waals surface area (Å²) < 4.78 is 5.66. The number of hydrogen-bond acceptors (Lipinski definition) is 4. The minimum Gasteiger partial charge on any atom is -0.478 e. The lowest BCUT2D eigenvalue weighted by atomic mass is 10.0. The van der Waals surface area contributed by atoms with E-state index in [4.69, 9.17) is 21.4 Å². The minimum absolute atomic E-state index is 0.0272. The molecule has 7 nitrogen and oxygen atoms in total. The zero-order chi connectivity index (χ0) is 19.8. The van der Waals surface area contributed by atoms with Crippen molar-refractivity contribution in [3.63, 3.8) is 0 Å². The first-order valence-corrected chi connectivity index (χ1v) is 8.49. The maximum Gasteiger partial charge on any atom is 0.335 e. The minimum atomic E-state index is -1.24. The Bertz CT molecular complexity index is 941. The van der Waals surface area contributed by atoms with E-state index < -0.39 is 23.4 Å². The fraction of sp³-hybridized carbons (Fsp3) is 0.211. The number of anilines is 2. The number of para-hydroxylation sites is 1. The number of carboxylic acids is 1. The zero-order valence-corrected chi connectivity index (χ0v) is 15.4. The molecule has 0 aromatic heterocycles. The van der Waals surface area contributed by atoms with Crippen LogP contribution < -0.4 is 15.0 Å². The van der Waals surface area contributed by atoms with Crippen molar-refractivity contribution in [2.75, 3.05) is 16.8 Å². The zero-order valence-electron chi connectivity index (χ0n) is 14.7. The van der Waals surface area contributed by atoms with E-state index in [2.05, 4.69) is 5.32 Å². The first-order chi connectivity index (χ1) is 12.7. The SMILES string of the molecule is CC1(C)Oc2cc(C(=O)O)ccc2N(CC(=O)Nc2ccccc2Cl)C1=O. The van der Waals surface area contributed by atoms with Crippen LogP contribution in [0.5, 0.6) is 5.75 Å². The largest absolute Gasteiger partial charge is 0.478 e. The van der Waals surface area contributed by atoms with Crippen LogP contribution in [-0.2, 0) is 9.59 Å². The van der Waals surface area contributed by atoms with Crippen LogP contribution in [0.25, 0.3) is 0 Å². The van der Waals surface area contributed by atoms with Gasteiger partial charge in [0, 0.05) is 0 Å². The van der Waals surface area contributed by atoms with E-state index >= 15 is 0 Å². The molecular formula is C19H17ClN2O5. The van der Waals surface area contributed by atoms with Crippen molar-refractivity contribution in [3.05, 3.63) is 53.1 Å². The second kappa shape index (κ2) is 6.92. The molecule has 1 heterocycles. The Morgan fingerprint density at radius 1 is 1.22 bits per heavy atom. The van der Waals surface area contributed by atoms with Gasteiger partial charge in [0.1, 0.15) is 12.3 Å². The third kappa shape index (κ3) is 3.73. The number of fused-ring (bicyclic) bond motifs is 1. The first kappa shape index (κ1) is 18.7. The number of ether oxygens (including phenoxy) is 1. The summed E-state index contributed by atoms with van der Waals surface area (Å²) in [7, 11) is 0. The fourth-order valence-corrected chi connectivity index (χ4v) is 2.94.